The summed E-state index contributed by atoms with van der Waals surface area (Å²) in [5, 5.41) is 10.0. The smallest absolute Gasteiger partial charge is 0.339 e. The fourth-order valence-electron chi connectivity index (χ4n) is 2.32. The molecule has 0 unspecified atom stereocenters. The maximum atomic E-state index is 11.4. The standard InChI is InChI=1S/C21H19ClO3/c1-15-11-12-17(20(22)13-15)9-4-3-7-16-8-5-6-10-18(16)19(14-25-2)21(23)24/h3-14H,1-2H3,(H,23,24). The molecule has 0 aliphatic rings. The van der Waals surface area contributed by atoms with Gasteiger partial charge in [0.1, 0.15) is 5.57 Å². The van der Waals surface area contributed by atoms with Crippen molar-refractivity contribution in [3.8, 4) is 0 Å². The van der Waals surface area contributed by atoms with Crippen LogP contribution in [-0.2, 0) is 9.53 Å². The molecule has 0 atom stereocenters. The van der Waals surface area contributed by atoms with Crippen LogP contribution in [0.3, 0.4) is 0 Å². The van der Waals surface area contributed by atoms with Crippen molar-refractivity contribution in [3.05, 3.63) is 88.2 Å². The third-order valence-electron chi connectivity index (χ3n) is 3.54. The highest BCUT2D eigenvalue weighted by molar-refractivity contribution is 6.32. The molecule has 2 aromatic rings. The third kappa shape index (κ3) is 5.10. The number of hydrogen-bond donors (Lipinski definition) is 1. The van der Waals surface area contributed by atoms with Crippen molar-refractivity contribution in [2.24, 2.45) is 0 Å². The van der Waals surface area contributed by atoms with Gasteiger partial charge in [0.15, 0.2) is 0 Å². The van der Waals surface area contributed by atoms with Gasteiger partial charge >= 0.3 is 5.97 Å². The Balaban J connectivity index is 2.26. The average molecular weight is 355 g/mol. The van der Waals surface area contributed by atoms with Crippen LogP contribution in [0.4, 0.5) is 0 Å². The molecule has 4 heteroatoms. The van der Waals surface area contributed by atoms with Gasteiger partial charge in [0, 0.05) is 5.02 Å². The number of allylic oxidation sites excluding steroid dienone is 2. The third-order valence-corrected chi connectivity index (χ3v) is 3.86. The van der Waals surface area contributed by atoms with Crippen molar-refractivity contribution < 1.29 is 14.6 Å². The van der Waals surface area contributed by atoms with E-state index >= 15 is 0 Å². The van der Waals surface area contributed by atoms with Crippen molar-refractivity contribution in [1.29, 1.82) is 0 Å². The summed E-state index contributed by atoms with van der Waals surface area (Å²) in [5.74, 6) is -1.04. The van der Waals surface area contributed by atoms with Crippen LogP contribution < -0.4 is 0 Å². The molecule has 0 radical (unpaired) electrons. The number of rotatable bonds is 6. The molecule has 0 aromatic heterocycles. The number of carboxylic acids is 1. The minimum atomic E-state index is -1.04. The molecule has 2 rings (SSSR count). The second-order valence-corrected chi connectivity index (χ2v) is 5.81. The molecule has 0 spiro atoms. The van der Waals surface area contributed by atoms with Crippen molar-refractivity contribution in [1.82, 2.24) is 0 Å². The Morgan fingerprint density at radius 3 is 2.40 bits per heavy atom. The van der Waals surface area contributed by atoms with E-state index in [9.17, 15) is 9.90 Å². The van der Waals surface area contributed by atoms with Crippen molar-refractivity contribution >= 4 is 35.3 Å². The first-order valence-electron chi connectivity index (χ1n) is 7.69. The largest absolute Gasteiger partial charge is 0.503 e. The fraction of sp³-hybridized carbons (Fsp3) is 0.0952. The zero-order valence-corrected chi connectivity index (χ0v) is 14.8. The number of carbonyl (C=O) groups is 1. The van der Waals surface area contributed by atoms with E-state index in [0.717, 1.165) is 16.7 Å². The minimum absolute atomic E-state index is 0.105. The van der Waals surface area contributed by atoms with Crippen LogP contribution in [0.1, 0.15) is 22.3 Å². The maximum Gasteiger partial charge on any atom is 0.339 e. The molecule has 0 amide bonds. The molecule has 0 saturated heterocycles. The molecule has 1 N–H and O–H groups in total. The zero-order chi connectivity index (χ0) is 18.2. The van der Waals surface area contributed by atoms with Crippen molar-refractivity contribution in [3.63, 3.8) is 0 Å². The minimum Gasteiger partial charge on any atom is -0.503 e. The lowest BCUT2D eigenvalue weighted by atomic mass is 10.00. The lowest BCUT2D eigenvalue weighted by molar-refractivity contribution is -0.130. The predicted molar refractivity (Wildman–Crippen MR) is 103 cm³/mol. The van der Waals surface area contributed by atoms with Crippen molar-refractivity contribution in [2.75, 3.05) is 7.11 Å². The number of carboxylic acid groups (broad SMARTS) is 1. The summed E-state index contributed by atoms with van der Waals surface area (Å²) >= 11 is 6.20. The molecule has 3 nitrogen and oxygen atoms in total. The van der Waals surface area contributed by atoms with E-state index < -0.39 is 5.97 Å². The highest BCUT2D eigenvalue weighted by atomic mass is 35.5. The number of methoxy groups -OCH3 is 1. The Kier molecular flexibility index (Phi) is 6.61. The Bertz CT molecular complexity index is 848. The fourth-order valence-corrected chi connectivity index (χ4v) is 2.62. The van der Waals surface area contributed by atoms with Gasteiger partial charge in [-0.2, -0.15) is 0 Å². The van der Waals surface area contributed by atoms with E-state index in [1.807, 2.05) is 61.6 Å². The highest BCUT2D eigenvalue weighted by Gasteiger charge is 2.13. The van der Waals surface area contributed by atoms with Gasteiger partial charge in [0.05, 0.1) is 13.4 Å². The maximum absolute atomic E-state index is 11.4. The zero-order valence-electron chi connectivity index (χ0n) is 14.1. The Hall–Kier alpha value is -2.78. The average Bonchev–Trinajstić information content (AvgIpc) is 2.58. The number of benzene rings is 2. The molecule has 0 aliphatic heterocycles. The van der Waals surface area contributed by atoms with E-state index in [2.05, 4.69) is 0 Å². The molecule has 0 heterocycles. The van der Waals surface area contributed by atoms with Gasteiger partial charge in [-0.25, -0.2) is 4.79 Å². The van der Waals surface area contributed by atoms with Crippen LogP contribution in [0, 0.1) is 6.92 Å². The summed E-state index contributed by atoms with van der Waals surface area (Å²) in [4.78, 5) is 11.4. The van der Waals surface area contributed by atoms with Gasteiger partial charge in [-0.1, -0.05) is 72.3 Å². The molecule has 25 heavy (non-hydrogen) atoms. The summed E-state index contributed by atoms with van der Waals surface area (Å²) in [6.07, 6.45) is 8.70. The van der Waals surface area contributed by atoms with Crippen molar-refractivity contribution in [2.45, 2.75) is 6.92 Å². The number of aryl methyl sites for hydroxylation is 1. The van der Waals surface area contributed by atoms with E-state index in [1.165, 1.54) is 13.4 Å². The lowest BCUT2D eigenvalue weighted by Gasteiger charge is -2.06. The van der Waals surface area contributed by atoms with Crippen LogP contribution in [0.2, 0.25) is 5.02 Å². The Morgan fingerprint density at radius 1 is 1.08 bits per heavy atom. The summed E-state index contributed by atoms with van der Waals surface area (Å²) < 4.78 is 4.89. The van der Waals surface area contributed by atoms with Gasteiger partial charge in [0.25, 0.3) is 0 Å². The highest BCUT2D eigenvalue weighted by Crippen LogP contribution is 2.22. The van der Waals surface area contributed by atoms with E-state index in [0.29, 0.717) is 10.6 Å². The van der Waals surface area contributed by atoms with E-state index in [-0.39, 0.29) is 5.57 Å². The van der Waals surface area contributed by atoms with Crippen LogP contribution in [0.25, 0.3) is 17.7 Å². The Labute approximate surface area is 152 Å². The predicted octanol–water partition coefficient (Wildman–Crippen LogP) is 5.45. The van der Waals surface area contributed by atoms with Crippen LogP contribution in [-0.4, -0.2) is 18.2 Å². The normalized spacial score (nSPS) is 12.0. The van der Waals surface area contributed by atoms with Gasteiger partial charge < -0.3 is 9.84 Å². The summed E-state index contributed by atoms with van der Waals surface area (Å²) in [6.45, 7) is 1.99. The second kappa shape index (κ2) is 8.90. The van der Waals surface area contributed by atoms with Gasteiger partial charge in [-0.05, 0) is 35.2 Å². The monoisotopic (exact) mass is 354 g/mol. The molecule has 0 bridgehead atoms. The lowest BCUT2D eigenvalue weighted by Crippen LogP contribution is -2.02. The molecule has 0 fully saturated rings. The summed E-state index contributed by atoms with van der Waals surface area (Å²) in [6, 6.07) is 13.1. The van der Waals surface area contributed by atoms with Gasteiger partial charge in [-0.3, -0.25) is 0 Å². The molecule has 0 aliphatic carbocycles. The molecule has 2 aromatic carbocycles. The van der Waals surface area contributed by atoms with Crippen LogP contribution >= 0.6 is 11.6 Å². The molecular weight excluding hydrogens is 336 g/mol. The first kappa shape index (κ1) is 18.6. The van der Waals surface area contributed by atoms with E-state index in [1.54, 1.807) is 12.1 Å². The number of ether oxygens (including phenoxy) is 1. The quantitative estimate of drug-likeness (QED) is 0.426. The molecule has 0 saturated carbocycles. The van der Waals surface area contributed by atoms with Gasteiger partial charge in [-0.15, -0.1) is 0 Å². The molecule has 128 valence electrons. The SMILES string of the molecule is COC=C(C(=O)O)c1ccccc1C=CC=Cc1ccc(C)cc1Cl. The number of halogens is 1. The van der Waals surface area contributed by atoms with Gasteiger partial charge in [0.2, 0.25) is 0 Å². The topological polar surface area (TPSA) is 46.5 Å². The first-order valence-corrected chi connectivity index (χ1v) is 8.07. The Morgan fingerprint density at radius 2 is 1.76 bits per heavy atom. The van der Waals surface area contributed by atoms with Crippen LogP contribution in [0.15, 0.2) is 60.9 Å². The summed E-state index contributed by atoms with van der Waals surface area (Å²) in [5.41, 5.74) is 3.52. The van der Waals surface area contributed by atoms with Crippen LogP contribution in [0.5, 0.6) is 0 Å². The first-order chi connectivity index (χ1) is 12.0. The van der Waals surface area contributed by atoms with E-state index in [4.69, 9.17) is 16.3 Å². The number of aliphatic carboxylic acids is 1. The number of hydrogen-bond acceptors (Lipinski definition) is 2. The summed E-state index contributed by atoms with van der Waals surface area (Å²) in [7, 11) is 1.43. The second-order valence-electron chi connectivity index (χ2n) is 5.40. The molecular formula is C21H19ClO3.